The van der Waals surface area contributed by atoms with E-state index in [1.807, 2.05) is 43.3 Å². The van der Waals surface area contributed by atoms with Crippen LogP contribution in [-0.2, 0) is 10.0 Å². The highest BCUT2D eigenvalue weighted by atomic mass is 32.2. The van der Waals surface area contributed by atoms with Crippen LogP contribution in [-0.4, -0.2) is 40.4 Å². The van der Waals surface area contributed by atoms with E-state index < -0.39 is 16.1 Å². The summed E-state index contributed by atoms with van der Waals surface area (Å²) in [4.78, 5) is 17.1. The van der Waals surface area contributed by atoms with Gasteiger partial charge in [0.2, 0.25) is 15.0 Å². The number of aromatic nitrogens is 3. The highest BCUT2D eigenvalue weighted by molar-refractivity contribution is 7.89. The SMILES string of the molecule is Cc1ccc(NC(=O)c2nnc(C3CCCN3S(=O)(=O)c3cccc4cccnc34)s2)cc1. The van der Waals surface area contributed by atoms with Crippen LogP contribution in [0.3, 0.4) is 0 Å². The van der Waals surface area contributed by atoms with Gasteiger partial charge in [-0.15, -0.1) is 10.2 Å². The van der Waals surface area contributed by atoms with Crippen LogP contribution in [0.2, 0.25) is 0 Å². The van der Waals surface area contributed by atoms with Crippen molar-refractivity contribution >= 4 is 43.9 Å². The van der Waals surface area contributed by atoms with Crippen LogP contribution < -0.4 is 5.32 Å². The summed E-state index contributed by atoms with van der Waals surface area (Å²) in [6.45, 7) is 2.35. The first-order valence-electron chi connectivity index (χ1n) is 10.5. The number of hydrogen-bond donors (Lipinski definition) is 1. The maximum Gasteiger partial charge on any atom is 0.286 e. The number of pyridine rings is 1. The summed E-state index contributed by atoms with van der Waals surface area (Å²) in [5, 5.41) is 12.5. The van der Waals surface area contributed by atoms with Crippen molar-refractivity contribution in [1.29, 1.82) is 0 Å². The van der Waals surface area contributed by atoms with Crippen molar-refractivity contribution in [2.75, 3.05) is 11.9 Å². The summed E-state index contributed by atoms with van der Waals surface area (Å²) in [6, 6.07) is 15.8. The second kappa shape index (κ2) is 8.62. The molecule has 8 nitrogen and oxygen atoms in total. The Morgan fingerprint density at radius 2 is 1.88 bits per heavy atom. The maximum absolute atomic E-state index is 13.6. The second-order valence-electron chi connectivity index (χ2n) is 7.87. The van der Waals surface area contributed by atoms with Crippen LogP contribution >= 0.6 is 11.3 Å². The number of carbonyl (C=O) groups is 1. The van der Waals surface area contributed by atoms with Crippen molar-refractivity contribution in [2.24, 2.45) is 0 Å². The summed E-state index contributed by atoms with van der Waals surface area (Å²) < 4.78 is 28.7. The highest BCUT2D eigenvalue weighted by Gasteiger charge is 2.39. The van der Waals surface area contributed by atoms with Gasteiger partial charge >= 0.3 is 0 Å². The van der Waals surface area contributed by atoms with Gasteiger partial charge in [-0.25, -0.2) is 8.42 Å². The lowest BCUT2D eigenvalue weighted by Crippen LogP contribution is -2.31. The molecule has 10 heteroatoms. The van der Waals surface area contributed by atoms with Crippen LogP contribution in [0.4, 0.5) is 5.69 Å². The van der Waals surface area contributed by atoms with Gasteiger partial charge in [0, 0.05) is 23.8 Å². The number of para-hydroxylation sites is 1. The molecule has 5 rings (SSSR count). The second-order valence-corrected chi connectivity index (χ2v) is 10.7. The number of aryl methyl sites for hydroxylation is 1. The first kappa shape index (κ1) is 21.6. The lowest BCUT2D eigenvalue weighted by atomic mass is 10.2. The number of hydrogen-bond acceptors (Lipinski definition) is 7. The Kier molecular flexibility index (Phi) is 5.65. The van der Waals surface area contributed by atoms with Crippen LogP contribution in [0.1, 0.15) is 39.3 Å². The summed E-state index contributed by atoms with van der Waals surface area (Å²) in [6.07, 6.45) is 2.91. The quantitative estimate of drug-likeness (QED) is 0.461. The Labute approximate surface area is 195 Å². The Hall–Kier alpha value is -3.21. The third-order valence-corrected chi connectivity index (χ3v) is 8.58. The number of nitrogens with one attached hydrogen (secondary N) is 1. The van der Waals surface area contributed by atoms with Crippen molar-refractivity contribution in [3.63, 3.8) is 0 Å². The van der Waals surface area contributed by atoms with E-state index in [-0.39, 0.29) is 15.8 Å². The van der Waals surface area contributed by atoms with Crippen LogP contribution in [0.15, 0.2) is 65.7 Å². The van der Waals surface area contributed by atoms with Gasteiger partial charge in [-0.3, -0.25) is 9.78 Å². The summed E-state index contributed by atoms with van der Waals surface area (Å²) in [7, 11) is -3.82. The fraction of sp³-hybridized carbons (Fsp3) is 0.217. The number of carbonyl (C=O) groups excluding carboxylic acids is 1. The molecule has 33 heavy (non-hydrogen) atoms. The lowest BCUT2D eigenvalue weighted by Gasteiger charge is -2.22. The molecule has 0 spiro atoms. The van der Waals surface area contributed by atoms with E-state index in [0.717, 1.165) is 22.3 Å². The number of sulfonamides is 1. The summed E-state index contributed by atoms with van der Waals surface area (Å²) in [5.41, 5.74) is 2.20. The van der Waals surface area contributed by atoms with Crippen molar-refractivity contribution in [1.82, 2.24) is 19.5 Å². The van der Waals surface area contributed by atoms with Crippen molar-refractivity contribution < 1.29 is 13.2 Å². The molecule has 1 saturated heterocycles. The monoisotopic (exact) mass is 479 g/mol. The van der Waals surface area contributed by atoms with Gasteiger partial charge in [0.25, 0.3) is 5.91 Å². The maximum atomic E-state index is 13.6. The average molecular weight is 480 g/mol. The molecule has 0 saturated carbocycles. The normalized spacial score (nSPS) is 16.8. The van der Waals surface area contributed by atoms with Gasteiger partial charge in [-0.1, -0.05) is 47.2 Å². The molecule has 4 aromatic rings. The summed E-state index contributed by atoms with van der Waals surface area (Å²) in [5.74, 6) is -0.367. The molecule has 1 aliphatic heterocycles. The van der Waals surface area contributed by atoms with Gasteiger partial charge < -0.3 is 5.32 Å². The molecule has 2 aromatic heterocycles. The highest BCUT2D eigenvalue weighted by Crippen LogP contribution is 2.38. The first-order chi connectivity index (χ1) is 15.9. The molecule has 0 radical (unpaired) electrons. The van der Waals surface area contributed by atoms with Crippen molar-refractivity contribution in [3.8, 4) is 0 Å². The van der Waals surface area contributed by atoms with Crippen LogP contribution in [0.25, 0.3) is 10.9 Å². The molecule has 168 valence electrons. The van der Waals surface area contributed by atoms with Crippen molar-refractivity contribution in [3.05, 3.63) is 76.4 Å². The van der Waals surface area contributed by atoms with Gasteiger partial charge in [0.1, 0.15) is 9.90 Å². The minimum atomic E-state index is -3.82. The molecule has 3 heterocycles. The third-order valence-electron chi connectivity index (χ3n) is 5.62. The zero-order valence-corrected chi connectivity index (χ0v) is 19.4. The molecular weight excluding hydrogens is 458 g/mol. The van der Waals surface area contributed by atoms with Crippen molar-refractivity contribution in [2.45, 2.75) is 30.7 Å². The number of anilines is 1. The van der Waals surface area contributed by atoms with E-state index in [0.29, 0.717) is 35.6 Å². The van der Waals surface area contributed by atoms with E-state index >= 15 is 0 Å². The van der Waals surface area contributed by atoms with Crippen LogP contribution in [0.5, 0.6) is 0 Å². The molecule has 1 fully saturated rings. The van der Waals surface area contributed by atoms with Gasteiger partial charge in [0.05, 0.1) is 11.6 Å². The van der Waals surface area contributed by atoms with E-state index in [9.17, 15) is 13.2 Å². The Bertz CT molecular complexity index is 1430. The predicted octanol–water partition coefficient (Wildman–Crippen LogP) is 4.17. The zero-order valence-electron chi connectivity index (χ0n) is 17.8. The topological polar surface area (TPSA) is 105 Å². The number of rotatable bonds is 5. The lowest BCUT2D eigenvalue weighted by molar-refractivity contribution is 0.102. The van der Waals surface area contributed by atoms with E-state index in [1.54, 1.807) is 24.4 Å². The summed E-state index contributed by atoms with van der Waals surface area (Å²) >= 11 is 1.12. The fourth-order valence-corrected chi connectivity index (χ4v) is 6.75. The smallest absolute Gasteiger partial charge is 0.286 e. The Morgan fingerprint density at radius 1 is 1.09 bits per heavy atom. The molecule has 0 aliphatic carbocycles. The molecular formula is C23H21N5O3S2. The Balaban J connectivity index is 1.41. The molecule has 1 N–H and O–H groups in total. The molecule has 2 aromatic carbocycles. The van der Waals surface area contributed by atoms with Gasteiger partial charge in [-0.05, 0) is 44.0 Å². The van der Waals surface area contributed by atoms with Gasteiger partial charge in [0.15, 0.2) is 0 Å². The number of benzene rings is 2. The molecule has 1 amide bonds. The molecule has 1 atom stereocenters. The minimum Gasteiger partial charge on any atom is -0.320 e. The predicted molar refractivity (Wildman–Crippen MR) is 127 cm³/mol. The fourth-order valence-electron chi connectivity index (χ4n) is 3.97. The zero-order chi connectivity index (χ0) is 23.0. The number of amides is 1. The third kappa shape index (κ3) is 4.12. The van der Waals surface area contributed by atoms with E-state index in [1.165, 1.54) is 4.31 Å². The molecule has 1 unspecified atom stereocenters. The number of nitrogens with zero attached hydrogens (tertiary/aromatic N) is 4. The molecule has 0 bridgehead atoms. The first-order valence-corrected chi connectivity index (χ1v) is 12.8. The largest absolute Gasteiger partial charge is 0.320 e. The minimum absolute atomic E-state index is 0.175. The molecule has 1 aliphatic rings. The Morgan fingerprint density at radius 3 is 2.70 bits per heavy atom. The van der Waals surface area contributed by atoms with Gasteiger partial charge in [-0.2, -0.15) is 4.31 Å². The standard InChI is InChI=1S/C23H21N5O3S2/c1-15-9-11-17(12-10-15)25-21(29)23-27-26-22(32-23)18-7-4-14-28(18)33(30,31)19-8-2-5-16-6-3-13-24-20(16)19/h2-3,5-6,8-13,18H,4,7,14H2,1H3,(H,25,29). The van der Waals surface area contributed by atoms with Crippen LogP contribution in [0, 0.1) is 6.92 Å². The average Bonchev–Trinajstić information content (AvgIpc) is 3.50. The number of fused-ring (bicyclic) bond motifs is 1. The van der Waals surface area contributed by atoms with E-state index in [2.05, 4.69) is 20.5 Å². The van der Waals surface area contributed by atoms with E-state index in [4.69, 9.17) is 0 Å².